The van der Waals surface area contributed by atoms with Crippen molar-refractivity contribution in [1.82, 2.24) is 4.90 Å². The third kappa shape index (κ3) is 1.37. The number of hydrogen-bond acceptors (Lipinski definition) is 3. The van der Waals surface area contributed by atoms with Crippen LogP contribution in [0.4, 0.5) is 0 Å². The molecule has 1 aromatic carbocycles. The Morgan fingerprint density at radius 1 is 1.11 bits per heavy atom. The summed E-state index contributed by atoms with van der Waals surface area (Å²) in [4.78, 5) is 36.1. The highest BCUT2D eigenvalue weighted by molar-refractivity contribution is 6.21. The predicted molar refractivity (Wildman–Crippen MR) is 61.1 cm³/mol. The highest BCUT2D eigenvalue weighted by Crippen LogP contribution is 2.36. The number of aliphatic carboxylic acids is 1. The Morgan fingerprint density at radius 2 is 1.61 bits per heavy atom. The van der Waals surface area contributed by atoms with Gasteiger partial charge in [-0.3, -0.25) is 19.3 Å². The summed E-state index contributed by atoms with van der Waals surface area (Å²) in [6.07, 6.45) is 0.724. The van der Waals surface area contributed by atoms with Gasteiger partial charge in [0, 0.05) is 6.04 Å². The lowest BCUT2D eigenvalue weighted by atomic mass is 9.79. The molecule has 1 saturated carbocycles. The van der Waals surface area contributed by atoms with Crippen LogP contribution in [0.1, 0.15) is 33.6 Å². The SMILES string of the molecule is O=C1c2ccccc2C(=O)N1[C@H]1C[C@H](C(=O)O)C1. The molecule has 1 heterocycles. The van der Waals surface area contributed by atoms with Gasteiger partial charge in [-0.25, -0.2) is 0 Å². The first-order valence-electron chi connectivity index (χ1n) is 5.79. The van der Waals surface area contributed by atoms with E-state index in [0.29, 0.717) is 24.0 Å². The Labute approximate surface area is 103 Å². The van der Waals surface area contributed by atoms with Crippen LogP contribution in [0, 0.1) is 5.92 Å². The van der Waals surface area contributed by atoms with Gasteiger partial charge in [0.2, 0.25) is 0 Å². The Hall–Kier alpha value is -2.17. The van der Waals surface area contributed by atoms with E-state index in [1.165, 1.54) is 4.90 Å². The number of amides is 2. The van der Waals surface area contributed by atoms with E-state index in [4.69, 9.17) is 5.11 Å². The zero-order chi connectivity index (χ0) is 12.9. The molecule has 0 spiro atoms. The van der Waals surface area contributed by atoms with Gasteiger partial charge in [-0.2, -0.15) is 0 Å². The minimum atomic E-state index is -0.858. The van der Waals surface area contributed by atoms with Crippen molar-refractivity contribution in [2.24, 2.45) is 5.92 Å². The van der Waals surface area contributed by atoms with Crippen molar-refractivity contribution >= 4 is 17.8 Å². The van der Waals surface area contributed by atoms with Crippen molar-refractivity contribution in [3.05, 3.63) is 35.4 Å². The second kappa shape index (κ2) is 3.66. The summed E-state index contributed by atoms with van der Waals surface area (Å²) in [5.74, 6) is -1.89. The summed E-state index contributed by atoms with van der Waals surface area (Å²) in [5.41, 5.74) is 0.836. The fourth-order valence-electron chi connectivity index (χ4n) is 2.54. The van der Waals surface area contributed by atoms with Crippen LogP contribution in [0.15, 0.2) is 24.3 Å². The summed E-state index contributed by atoms with van der Waals surface area (Å²) in [6, 6.07) is 6.42. The monoisotopic (exact) mass is 245 g/mol. The van der Waals surface area contributed by atoms with Crippen LogP contribution in [-0.2, 0) is 4.79 Å². The van der Waals surface area contributed by atoms with Crippen LogP contribution in [0.3, 0.4) is 0 Å². The zero-order valence-electron chi connectivity index (χ0n) is 9.50. The van der Waals surface area contributed by atoms with E-state index in [1.807, 2.05) is 0 Å². The second-order valence-electron chi connectivity index (χ2n) is 4.69. The summed E-state index contributed by atoms with van der Waals surface area (Å²) >= 11 is 0. The lowest BCUT2D eigenvalue weighted by molar-refractivity contribution is -0.146. The van der Waals surface area contributed by atoms with E-state index in [9.17, 15) is 14.4 Å². The molecule has 5 heteroatoms. The Balaban J connectivity index is 1.84. The summed E-state index contributed by atoms with van der Waals surface area (Å²) < 4.78 is 0. The van der Waals surface area contributed by atoms with Crippen LogP contribution in [0.5, 0.6) is 0 Å². The first-order chi connectivity index (χ1) is 8.59. The molecule has 5 nitrogen and oxygen atoms in total. The van der Waals surface area contributed by atoms with Crippen LogP contribution in [0.2, 0.25) is 0 Å². The quantitative estimate of drug-likeness (QED) is 0.793. The number of carboxylic acid groups (broad SMARTS) is 1. The number of rotatable bonds is 2. The lowest BCUT2D eigenvalue weighted by Gasteiger charge is -2.37. The molecule has 0 saturated heterocycles. The van der Waals surface area contributed by atoms with Crippen LogP contribution >= 0.6 is 0 Å². The first-order valence-corrected chi connectivity index (χ1v) is 5.79. The van der Waals surface area contributed by atoms with E-state index < -0.39 is 11.9 Å². The minimum Gasteiger partial charge on any atom is -0.481 e. The summed E-state index contributed by atoms with van der Waals surface area (Å²) in [6.45, 7) is 0. The minimum absolute atomic E-state index is 0.265. The number of carbonyl (C=O) groups excluding carboxylic acids is 2. The maximum Gasteiger partial charge on any atom is 0.306 e. The number of hydrogen-bond donors (Lipinski definition) is 1. The average molecular weight is 245 g/mol. The largest absolute Gasteiger partial charge is 0.481 e. The number of carboxylic acids is 1. The number of benzene rings is 1. The second-order valence-corrected chi connectivity index (χ2v) is 4.69. The maximum atomic E-state index is 12.1. The van der Waals surface area contributed by atoms with Crippen LogP contribution in [-0.4, -0.2) is 33.8 Å². The lowest BCUT2D eigenvalue weighted by Crippen LogP contribution is -2.49. The van der Waals surface area contributed by atoms with Gasteiger partial charge in [-0.05, 0) is 25.0 Å². The number of carbonyl (C=O) groups is 3. The van der Waals surface area contributed by atoms with Crippen molar-refractivity contribution < 1.29 is 19.5 Å². The molecule has 0 bridgehead atoms. The zero-order valence-corrected chi connectivity index (χ0v) is 9.50. The van der Waals surface area contributed by atoms with E-state index >= 15 is 0 Å². The molecule has 0 aromatic heterocycles. The van der Waals surface area contributed by atoms with Crippen molar-refractivity contribution in [3.63, 3.8) is 0 Å². The standard InChI is InChI=1S/C13H11NO4/c15-11-9-3-1-2-4-10(9)12(16)14(11)8-5-7(6-8)13(17)18/h1-4,7-8H,5-6H2,(H,17,18)/t7-,8-. The van der Waals surface area contributed by atoms with Crippen molar-refractivity contribution in [3.8, 4) is 0 Å². The fourth-order valence-corrected chi connectivity index (χ4v) is 2.54. The van der Waals surface area contributed by atoms with E-state index in [2.05, 4.69) is 0 Å². The highest BCUT2D eigenvalue weighted by atomic mass is 16.4. The molecule has 2 amide bonds. The van der Waals surface area contributed by atoms with E-state index in [1.54, 1.807) is 24.3 Å². The van der Waals surface area contributed by atoms with Gasteiger partial charge in [0.1, 0.15) is 0 Å². The molecular weight excluding hydrogens is 234 g/mol. The molecule has 1 N–H and O–H groups in total. The molecule has 0 radical (unpaired) electrons. The van der Waals surface area contributed by atoms with Gasteiger partial charge in [0.05, 0.1) is 17.0 Å². The van der Waals surface area contributed by atoms with Crippen molar-refractivity contribution in [1.29, 1.82) is 0 Å². The third-order valence-corrected chi connectivity index (χ3v) is 3.65. The normalized spacial score (nSPS) is 25.9. The Bertz CT molecular complexity index is 525. The molecule has 1 aliphatic heterocycles. The van der Waals surface area contributed by atoms with Gasteiger partial charge in [-0.1, -0.05) is 12.1 Å². The molecule has 1 fully saturated rings. The number of nitrogens with zero attached hydrogens (tertiary/aromatic N) is 1. The molecule has 92 valence electrons. The van der Waals surface area contributed by atoms with Crippen LogP contribution in [0.25, 0.3) is 0 Å². The topological polar surface area (TPSA) is 74.7 Å². The molecule has 3 rings (SSSR count). The van der Waals surface area contributed by atoms with Gasteiger partial charge >= 0.3 is 5.97 Å². The highest BCUT2D eigenvalue weighted by Gasteiger charge is 2.46. The average Bonchev–Trinajstić information content (AvgIpc) is 2.53. The molecule has 0 unspecified atom stereocenters. The van der Waals surface area contributed by atoms with Crippen molar-refractivity contribution in [2.75, 3.05) is 0 Å². The molecule has 18 heavy (non-hydrogen) atoms. The summed E-state index contributed by atoms with van der Waals surface area (Å²) in [5, 5.41) is 8.81. The maximum absolute atomic E-state index is 12.1. The van der Waals surface area contributed by atoms with E-state index in [-0.39, 0.29) is 17.9 Å². The Morgan fingerprint density at radius 3 is 2.06 bits per heavy atom. The van der Waals surface area contributed by atoms with Gasteiger partial charge in [-0.15, -0.1) is 0 Å². The third-order valence-electron chi connectivity index (χ3n) is 3.65. The fraction of sp³-hybridized carbons (Fsp3) is 0.308. The summed E-state index contributed by atoms with van der Waals surface area (Å²) in [7, 11) is 0. The van der Waals surface area contributed by atoms with E-state index in [0.717, 1.165) is 0 Å². The number of imide groups is 1. The Kier molecular flexibility index (Phi) is 2.23. The van der Waals surface area contributed by atoms with Gasteiger partial charge in [0.15, 0.2) is 0 Å². The number of fused-ring (bicyclic) bond motifs is 1. The van der Waals surface area contributed by atoms with Gasteiger partial charge < -0.3 is 5.11 Å². The predicted octanol–water partition coefficient (Wildman–Crippen LogP) is 1.15. The smallest absolute Gasteiger partial charge is 0.306 e. The molecule has 2 aliphatic rings. The molecule has 1 aromatic rings. The molecular formula is C13H11NO4. The van der Waals surface area contributed by atoms with Crippen molar-refractivity contribution in [2.45, 2.75) is 18.9 Å². The van der Waals surface area contributed by atoms with Crippen LogP contribution < -0.4 is 0 Å². The first kappa shape index (κ1) is 11.0. The molecule has 0 atom stereocenters. The van der Waals surface area contributed by atoms with Gasteiger partial charge in [0.25, 0.3) is 11.8 Å². The molecule has 1 aliphatic carbocycles.